The quantitative estimate of drug-likeness (QED) is 0.564. The molecule has 0 saturated carbocycles. The number of nitro benzene ring substituents is 1. The standard InChI is InChI=1S/C19H23N5O4S/c25-18(21-12-19(3-10-29-13-19)23-6-8-28-9-7-23)15-1-2-16(17(11-15)24(26)27)22-5-4-20-14-22/h1-2,4-5,11,14H,3,6-10,12-13H2,(H,21,25). The predicted molar refractivity (Wildman–Crippen MR) is 110 cm³/mol. The molecule has 4 rings (SSSR count). The summed E-state index contributed by atoms with van der Waals surface area (Å²) in [6.45, 7) is 3.67. The second kappa shape index (κ2) is 8.52. The van der Waals surface area contributed by atoms with Gasteiger partial charge < -0.3 is 14.6 Å². The Morgan fingerprint density at radius 3 is 2.86 bits per heavy atom. The van der Waals surface area contributed by atoms with Gasteiger partial charge in [0, 0.05) is 54.9 Å². The van der Waals surface area contributed by atoms with Gasteiger partial charge in [0.15, 0.2) is 0 Å². The molecule has 1 unspecified atom stereocenters. The minimum atomic E-state index is -0.477. The molecule has 0 aliphatic carbocycles. The van der Waals surface area contributed by atoms with Crippen molar-refractivity contribution in [3.63, 3.8) is 0 Å². The first-order valence-corrected chi connectivity index (χ1v) is 10.7. The molecule has 0 radical (unpaired) electrons. The van der Waals surface area contributed by atoms with Crippen LogP contribution in [-0.2, 0) is 4.74 Å². The Bertz CT molecular complexity index is 877. The number of imidazole rings is 1. The van der Waals surface area contributed by atoms with E-state index in [-0.39, 0.29) is 22.7 Å². The molecule has 154 valence electrons. The van der Waals surface area contributed by atoms with Crippen LogP contribution in [0.4, 0.5) is 5.69 Å². The van der Waals surface area contributed by atoms with E-state index in [1.165, 1.54) is 12.4 Å². The second-order valence-electron chi connectivity index (χ2n) is 7.24. The molecule has 1 aromatic carbocycles. The van der Waals surface area contributed by atoms with Gasteiger partial charge in [0.25, 0.3) is 11.6 Å². The van der Waals surface area contributed by atoms with Crippen molar-refractivity contribution in [3.8, 4) is 5.69 Å². The van der Waals surface area contributed by atoms with Crippen LogP contribution in [0, 0.1) is 10.1 Å². The van der Waals surface area contributed by atoms with Crippen molar-refractivity contribution in [2.45, 2.75) is 12.0 Å². The fourth-order valence-electron chi connectivity index (χ4n) is 3.91. The van der Waals surface area contributed by atoms with Crippen LogP contribution < -0.4 is 5.32 Å². The number of rotatable bonds is 6. The number of aromatic nitrogens is 2. The first-order chi connectivity index (χ1) is 14.1. The molecule has 2 saturated heterocycles. The van der Waals surface area contributed by atoms with Gasteiger partial charge in [-0.05, 0) is 24.3 Å². The third-order valence-corrected chi connectivity index (χ3v) is 6.79. The number of thioether (sulfide) groups is 1. The van der Waals surface area contributed by atoms with E-state index in [0.29, 0.717) is 25.4 Å². The lowest BCUT2D eigenvalue weighted by Crippen LogP contribution is -2.59. The highest BCUT2D eigenvalue weighted by Gasteiger charge is 2.41. The highest BCUT2D eigenvalue weighted by atomic mass is 32.2. The molecule has 0 bridgehead atoms. The summed E-state index contributed by atoms with van der Waals surface area (Å²) >= 11 is 1.90. The van der Waals surface area contributed by atoms with Crippen molar-refractivity contribution in [2.75, 3.05) is 44.4 Å². The summed E-state index contributed by atoms with van der Waals surface area (Å²) in [6, 6.07) is 4.52. The maximum absolute atomic E-state index is 12.8. The van der Waals surface area contributed by atoms with Crippen molar-refractivity contribution >= 4 is 23.4 Å². The van der Waals surface area contributed by atoms with Crippen molar-refractivity contribution in [1.82, 2.24) is 19.8 Å². The number of benzene rings is 1. The third kappa shape index (κ3) is 4.14. The molecule has 2 fully saturated rings. The molecule has 2 aliphatic heterocycles. The van der Waals surface area contributed by atoms with Crippen LogP contribution in [0.5, 0.6) is 0 Å². The fourth-order valence-corrected chi connectivity index (χ4v) is 5.39. The Labute approximate surface area is 172 Å². The number of carbonyl (C=O) groups is 1. The molecule has 9 nitrogen and oxygen atoms in total. The van der Waals surface area contributed by atoms with Crippen LogP contribution in [0.15, 0.2) is 36.9 Å². The molecule has 2 aromatic rings. The Balaban J connectivity index is 1.50. The van der Waals surface area contributed by atoms with Crippen LogP contribution in [-0.4, -0.2) is 75.2 Å². The van der Waals surface area contributed by atoms with E-state index in [9.17, 15) is 14.9 Å². The van der Waals surface area contributed by atoms with E-state index in [1.54, 1.807) is 29.1 Å². The molecule has 10 heteroatoms. The number of hydrogen-bond donors (Lipinski definition) is 1. The minimum absolute atomic E-state index is 0.0766. The highest BCUT2D eigenvalue weighted by Crippen LogP contribution is 2.33. The smallest absolute Gasteiger partial charge is 0.294 e. The summed E-state index contributed by atoms with van der Waals surface area (Å²) in [5.74, 6) is 1.74. The van der Waals surface area contributed by atoms with Crippen LogP contribution in [0.2, 0.25) is 0 Å². The molecule has 29 heavy (non-hydrogen) atoms. The zero-order chi connectivity index (χ0) is 20.3. The number of amides is 1. The number of hydrogen-bond acceptors (Lipinski definition) is 7. The van der Waals surface area contributed by atoms with Gasteiger partial charge >= 0.3 is 0 Å². The van der Waals surface area contributed by atoms with Gasteiger partial charge in [-0.3, -0.25) is 19.8 Å². The number of carbonyl (C=O) groups excluding carboxylic acids is 1. The molecule has 1 atom stereocenters. The minimum Gasteiger partial charge on any atom is -0.379 e. The van der Waals surface area contributed by atoms with Gasteiger partial charge in [-0.2, -0.15) is 11.8 Å². The summed E-state index contributed by atoms with van der Waals surface area (Å²) in [6.07, 6.45) is 5.69. The molecule has 3 heterocycles. The lowest BCUT2D eigenvalue weighted by molar-refractivity contribution is -0.384. The van der Waals surface area contributed by atoms with E-state index in [0.717, 1.165) is 31.0 Å². The number of morpholine rings is 1. The normalized spacial score (nSPS) is 22.5. The Kier molecular flexibility index (Phi) is 5.84. The summed E-state index contributed by atoms with van der Waals surface area (Å²) < 4.78 is 7.03. The monoisotopic (exact) mass is 417 g/mol. The van der Waals surface area contributed by atoms with Gasteiger partial charge in [-0.15, -0.1) is 0 Å². The first kappa shape index (κ1) is 19.9. The predicted octanol–water partition coefficient (Wildman–Crippen LogP) is 1.72. The van der Waals surface area contributed by atoms with Crippen LogP contribution in [0.25, 0.3) is 5.69 Å². The van der Waals surface area contributed by atoms with Gasteiger partial charge in [-0.25, -0.2) is 4.98 Å². The lowest BCUT2D eigenvalue weighted by Gasteiger charge is -2.43. The van der Waals surface area contributed by atoms with Gasteiger partial charge in [0.05, 0.1) is 24.5 Å². The lowest BCUT2D eigenvalue weighted by atomic mass is 9.95. The highest BCUT2D eigenvalue weighted by molar-refractivity contribution is 7.99. The van der Waals surface area contributed by atoms with Gasteiger partial charge in [-0.1, -0.05) is 0 Å². The fraction of sp³-hybridized carbons (Fsp3) is 0.474. The van der Waals surface area contributed by atoms with E-state index < -0.39 is 4.92 Å². The SMILES string of the molecule is O=C(NCC1(N2CCOCC2)CCSC1)c1ccc(-n2ccnc2)c([N+](=O)[O-])c1. The number of nitro groups is 1. The van der Waals surface area contributed by atoms with Gasteiger partial charge in [0.1, 0.15) is 5.69 Å². The summed E-state index contributed by atoms with van der Waals surface area (Å²) in [7, 11) is 0. The Morgan fingerprint density at radius 2 is 2.21 bits per heavy atom. The van der Waals surface area contributed by atoms with Crippen molar-refractivity contribution in [2.24, 2.45) is 0 Å². The number of nitrogens with zero attached hydrogens (tertiary/aromatic N) is 4. The first-order valence-electron chi connectivity index (χ1n) is 9.55. The molecular weight excluding hydrogens is 394 g/mol. The van der Waals surface area contributed by atoms with Crippen molar-refractivity contribution in [3.05, 3.63) is 52.6 Å². The molecule has 1 amide bonds. The van der Waals surface area contributed by atoms with Crippen LogP contribution in [0.3, 0.4) is 0 Å². The zero-order valence-electron chi connectivity index (χ0n) is 16.0. The molecule has 0 spiro atoms. The van der Waals surface area contributed by atoms with E-state index in [4.69, 9.17) is 4.74 Å². The van der Waals surface area contributed by atoms with E-state index >= 15 is 0 Å². The molecule has 1 N–H and O–H groups in total. The maximum atomic E-state index is 12.8. The number of nitrogens with one attached hydrogen (secondary N) is 1. The summed E-state index contributed by atoms with van der Waals surface area (Å²) in [4.78, 5) is 30.2. The van der Waals surface area contributed by atoms with Crippen molar-refractivity contribution in [1.29, 1.82) is 0 Å². The Morgan fingerprint density at radius 1 is 1.38 bits per heavy atom. The Hall–Kier alpha value is -2.43. The average Bonchev–Trinajstić information content (AvgIpc) is 3.45. The maximum Gasteiger partial charge on any atom is 0.294 e. The van der Waals surface area contributed by atoms with Crippen LogP contribution >= 0.6 is 11.8 Å². The largest absolute Gasteiger partial charge is 0.379 e. The molecule has 2 aliphatic rings. The third-order valence-electron chi connectivity index (χ3n) is 5.56. The van der Waals surface area contributed by atoms with E-state index in [1.807, 2.05) is 11.8 Å². The average molecular weight is 417 g/mol. The van der Waals surface area contributed by atoms with Crippen LogP contribution in [0.1, 0.15) is 16.8 Å². The van der Waals surface area contributed by atoms with E-state index in [2.05, 4.69) is 15.2 Å². The second-order valence-corrected chi connectivity index (χ2v) is 8.34. The topological polar surface area (TPSA) is 103 Å². The zero-order valence-corrected chi connectivity index (χ0v) is 16.8. The molecule has 1 aromatic heterocycles. The molecular formula is C19H23N5O4S. The van der Waals surface area contributed by atoms with Crippen molar-refractivity contribution < 1.29 is 14.5 Å². The summed E-state index contributed by atoms with van der Waals surface area (Å²) in [5, 5.41) is 14.6. The summed E-state index contributed by atoms with van der Waals surface area (Å²) in [5.41, 5.74) is 0.451. The van der Waals surface area contributed by atoms with Gasteiger partial charge in [0.2, 0.25) is 0 Å². The number of ether oxygens (including phenoxy) is 1.